The Labute approximate surface area is 90.5 Å². The third kappa shape index (κ3) is 2.86. The summed E-state index contributed by atoms with van der Waals surface area (Å²) in [4.78, 5) is 2.24. The van der Waals surface area contributed by atoms with Crippen molar-refractivity contribution in [1.82, 2.24) is 4.90 Å². The number of nitrogens with two attached hydrogens (primary N) is 1. The second-order valence-corrected chi connectivity index (χ2v) is 4.53. The summed E-state index contributed by atoms with van der Waals surface area (Å²) in [6.07, 6.45) is 2.71. The molecule has 1 aliphatic carbocycles. The van der Waals surface area contributed by atoms with E-state index < -0.39 is 0 Å². The molecular formula is C12H18N2O. The van der Waals surface area contributed by atoms with Gasteiger partial charge in [0.15, 0.2) is 0 Å². The topological polar surface area (TPSA) is 49.5 Å². The number of benzene rings is 1. The molecule has 0 unspecified atom stereocenters. The molecule has 82 valence electrons. The molecule has 0 amide bonds. The predicted molar refractivity (Wildman–Crippen MR) is 61.6 cm³/mol. The van der Waals surface area contributed by atoms with Crippen LogP contribution in [0.4, 0.5) is 5.69 Å². The van der Waals surface area contributed by atoms with E-state index in [1.165, 1.54) is 12.8 Å². The molecule has 0 spiro atoms. The van der Waals surface area contributed by atoms with Crippen molar-refractivity contribution in [3.8, 4) is 5.75 Å². The summed E-state index contributed by atoms with van der Waals surface area (Å²) in [7, 11) is 2.08. The lowest BCUT2D eigenvalue weighted by Gasteiger charge is -2.17. The van der Waals surface area contributed by atoms with E-state index in [1.54, 1.807) is 12.1 Å². The van der Waals surface area contributed by atoms with E-state index in [4.69, 9.17) is 5.73 Å². The van der Waals surface area contributed by atoms with Crippen LogP contribution in [-0.2, 0) is 6.54 Å². The molecule has 0 bridgehead atoms. The number of rotatable bonds is 4. The minimum atomic E-state index is 0.340. The zero-order valence-electron chi connectivity index (χ0n) is 9.11. The van der Waals surface area contributed by atoms with E-state index >= 15 is 0 Å². The van der Waals surface area contributed by atoms with E-state index in [1.807, 2.05) is 6.07 Å². The highest BCUT2D eigenvalue weighted by Gasteiger charge is 2.22. The van der Waals surface area contributed by atoms with Gasteiger partial charge in [-0.15, -0.1) is 0 Å². The van der Waals surface area contributed by atoms with Gasteiger partial charge in [0, 0.05) is 24.3 Å². The minimum Gasteiger partial charge on any atom is -0.508 e. The van der Waals surface area contributed by atoms with E-state index in [9.17, 15) is 5.11 Å². The van der Waals surface area contributed by atoms with Gasteiger partial charge >= 0.3 is 0 Å². The normalized spacial score (nSPS) is 15.9. The molecule has 3 nitrogen and oxygen atoms in total. The molecule has 0 saturated heterocycles. The van der Waals surface area contributed by atoms with Gasteiger partial charge in [0.2, 0.25) is 0 Å². The van der Waals surface area contributed by atoms with Crippen molar-refractivity contribution in [3.63, 3.8) is 0 Å². The second-order valence-electron chi connectivity index (χ2n) is 4.53. The van der Waals surface area contributed by atoms with Gasteiger partial charge in [0.05, 0.1) is 0 Å². The van der Waals surface area contributed by atoms with E-state index in [0.717, 1.165) is 24.6 Å². The summed E-state index contributed by atoms with van der Waals surface area (Å²) in [6, 6.07) is 5.23. The lowest BCUT2D eigenvalue weighted by atomic mass is 10.1. The second kappa shape index (κ2) is 4.11. The highest BCUT2D eigenvalue weighted by Crippen LogP contribution is 2.30. The molecule has 0 aliphatic heterocycles. The van der Waals surface area contributed by atoms with Crippen LogP contribution in [0.25, 0.3) is 0 Å². The van der Waals surface area contributed by atoms with Crippen LogP contribution < -0.4 is 5.73 Å². The summed E-state index contributed by atoms with van der Waals surface area (Å²) in [5.41, 5.74) is 7.31. The first-order valence-electron chi connectivity index (χ1n) is 5.41. The van der Waals surface area contributed by atoms with Gasteiger partial charge in [-0.2, -0.15) is 0 Å². The van der Waals surface area contributed by atoms with E-state index in [0.29, 0.717) is 11.4 Å². The zero-order chi connectivity index (χ0) is 10.8. The summed E-state index contributed by atoms with van der Waals surface area (Å²) in [6.45, 7) is 1.89. The van der Waals surface area contributed by atoms with Crippen molar-refractivity contribution in [2.75, 3.05) is 19.3 Å². The number of anilines is 1. The average molecular weight is 206 g/mol. The number of phenolic OH excluding ortho intramolecular Hbond substituents is 1. The van der Waals surface area contributed by atoms with Crippen molar-refractivity contribution in [3.05, 3.63) is 23.8 Å². The maximum absolute atomic E-state index is 9.65. The van der Waals surface area contributed by atoms with Crippen molar-refractivity contribution < 1.29 is 5.11 Å². The molecule has 1 fully saturated rings. The third-order valence-corrected chi connectivity index (χ3v) is 2.81. The molecule has 0 heterocycles. The lowest BCUT2D eigenvalue weighted by molar-refractivity contribution is 0.307. The first kappa shape index (κ1) is 10.3. The summed E-state index contributed by atoms with van der Waals surface area (Å²) < 4.78 is 0. The molecule has 1 saturated carbocycles. The maximum Gasteiger partial charge on any atom is 0.120 e. The Kier molecular flexibility index (Phi) is 2.82. The number of phenols is 1. The van der Waals surface area contributed by atoms with Gasteiger partial charge in [-0.1, -0.05) is 0 Å². The molecule has 3 heteroatoms. The van der Waals surface area contributed by atoms with Gasteiger partial charge in [-0.25, -0.2) is 0 Å². The smallest absolute Gasteiger partial charge is 0.120 e. The first-order valence-corrected chi connectivity index (χ1v) is 5.41. The highest BCUT2D eigenvalue weighted by atomic mass is 16.3. The van der Waals surface area contributed by atoms with Gasteiger partial charge in [-0.05, 0) is 44.0 Å². The first-order chi connectivity index (χ1) is 7.15. The molecule has 0 radical (unpaired) electrons. The van der Waals surface area contributed by atoms with Crippen LogP contribution in [0, 0.1) is 5.92 Å². The molecular weight excluding hydrogens is 188 g/mol. The fourth-order valence-electron chi connectivity index (χ4n) is 1.83. The standard InChI is InChI=1S/C12H18N2O/c1-14(7-9-2-3-9)8-10-6-11(13)4-5-12(10)15/h4-6,9,15H,2-3,7-8,13H2,1H3. The van der Waals surface area contributed by atoms with E-state index in [-0.39, 0.29) is 0 Å². The molecule has 3 N–H and O–H groups in total. The average Bonchev–Trinajstić information content (AvgIpc) is 2.95. The molecule has 15 heavy (non-hydrogen) atoms. The lowest BCUT2D eigenvalue weighted by Crippen LogP contribution is -2.20. The zero-order valence-corrected chi connectivity index (χ0v) is 9.11. The van der Waals surface area contributed by atoms with Gasteiger partial charge in [0.25, 0.3) is 0 Å². The summed E-state index contributed by atoms with van der Waals surface area (Å²) >= 11 is 0. The van der Waals surface area contributed by atoms with Crippen LogP contribution in [0.2, 0.25) is 0 Å². The molecule has 1 aliphatic rings. The monoisotopic (exact) mass is 206 g/mol. The van der Waals surface area contributed by atoms with Crippen LogP contribution in [0.15, 0.2) is 18.2 Å². The molecule has 1 aromatic rings. The highest BCUT2D eigenvalue weighted by molar-refractivity contribution is 5.47. The minimum absolute atomic E-state index is 0.340. The molecule has 0 aromatic heterocycles. The summed E-state index contributed by atoms with van der Waals surface area (Å²) in [5, 5.41) is 9.65. The number of hydrogen-bond donors (Lipinski definition) is 2. The van der Waals surface area contributed by atoms with Crippen LogP contribution in [0.5, 0.6) is 5.75 Å². The Balaban J connectivity index is 1.98. The Morgan fingerprint density at radius 1 is 1.47 bits per heavy atom. The fourth-order valence-corrected chi connectivity index (χ4v) is 1.83. The third-order valence-electron chi connectivity index (χ3n) is 2.81. The van der Waals surface area contributed by atoms with E-state index in [2.05, 4.69) is 11.9 Å². The number of nitrogens with zero attached hydrogens (tertiary/aromatic N) is 1. The molecule has 0 atom stereocenters. The maximum atomic E-state index is 9.65. The van der Waals surface area contributed by atoms with Crippen molar-refractivity contribution >= 4 is 5.69 Å². The predicted octanol–water partition coefficient (Wildman–Crippen LogP) is 1.82. The van der Waals surface area contributed by atoms with Gasteiger partial charge in [0.1, 0.15) is 5.75 Å². The van der Waals surface area contributed by atoms with Crippen molar-refractivity contribution in [1.29, 1.82) is 0 Å². The Morgan fingerprint density at radius 3 is 2.87 bits per heavy atom. The van der Waals surface area contributed by atoms with Crippen molar-refractivity contribution in [2.24, 2.45) is 5.92 Å². The van der Waals surface area contributed by atoms with Crippen molar-refractivity contribution in [2.45, 2.75) is 19.4 Å². The number of hydrogen-bond acceptors (Lipinski definition) is 3. The van der Waals surface area contributed by atoms with Gasteiger partial charge in [-0.3, -0.25) is 0 Å². The molecule has 2 rings (SSSR count). The van der Waals surface area contributed by atoms with Crippen LogP contribution in [-0.4, -0.2) is 23.6 Å². The van der Waals surface area contributed by atoms with Crippen LogP contribution >= 0.6 is 0 Å². The fraction of sp³-hybridized carbons (Fsp3) is 0.500. The number of nitrogen functional groups attached to an aromatic ring is 1. The Morgan fingerprint density at radius 2 is 2.20 bits per heavy atom. The molecule has 1 aromatic carbocycles. The SMILES string of the molecule is CN(Cc1cc(N)ccc1O)CC1CC1. The quantitative estimate of drug-likeness (QED) is 0.583. The number of aromatic hydroxyl groups is 1. The Bertz CT molecular complexity index is 347. The Hall–Kier alpha value is -1.22. The summed E-state index contributed by atoms with van der Waals surface area (Å²) in [5.74, 6) is 1.21. The largest absolute Gasteiger partial charge is 0.508 e. The van der Waals surface area contributed by atoms with Gasteiger partial charge < -0.3 is 15.7 Å². The van der Waals surface area contributed by atoms with Crippen LogP contribution in [0.3, 0.4) is 0 Å². The van der Waals surface area contributed by atoms with Crippen LogP contribution in [0.1, 0.15) is 18.4 Å².